The summed E-state index contributed by atoms with van der Waals surface area (Å²) in [7, 11) is -1.41. The Kier molecular flexibility index (Phi) is 11.9. The zero-order valence-corrected chi connectivity index (χ0v) is 20.8. The van der Waals surface area contributed by atoms with Crippen LogP contribution in [0.2, 0.25) is 0 Å². The summed E-state index contributed by atoms with van der Waals surface area (Å²) >= 11 is 0. The lowest BCUT2D eigenvalue weighted by Crippen LogP contribution is -2.38. The molecule has 166 valence electrons. The fraction of sp³-hybridized carbons (Fsp3) is 0.650. The molecule has 0 bridgehead atoms. The van der Waals surface area contributed by atoms with Crippen molar-refractivity contribution in [1.82, 2.24) is 15.4 Å². The number of benzene rings is 1. The minimum absolute atomic E-state index is 0. The van der Waals surface area contributed by atoms with Crippen molar-refractivity contribution in [2.45, 2.75) is 58.6 Å². The average molecular weight is 538 g/mol. The molecule has 1 aromatic rings. The molecule has 29 heavy (non-hydrogen) atoms. The second-order valence-corrected chi connectivity index (χ2v) is 9.23. The van der Waals surface area contributed by atoms with Gasteiger partial charge < -0.3 is 15.4 Å². The molecular weight excluding hydrogens is 503 g/mol. The standard InChI is InChI=1S/C20H34N4O3S.HI/c1-4-28(25,26)24-13-7-12-22-20(21-3)23-15-17-11-10-16(2)14-19(17)27-18-8-5-6-9-18;/h10-11,14,18,24H,4-9,12-13,15H2,1-3H3,(H2,21,22,23);1H. The summed E-state index contributed by atoms with van der Waals surface area (Å²) in [6, 6.07) is 6.29. The SMILES string of the molecule is CCS(=O)(=O)NCCCNC(=NC)NCc1ccc(C)cc1OC1CCCC1.I. The number of guanidine groups is 1. The van der Waals surface area contributed by atoms with Crippen molar-refractivity contribution in [3.63, 3.8) is 0 Å². The third-order valence-electron chi connectivity index (χ3n) is 4.84. The number of hydrogen-bond donors (Lipinski definition) is 3. The Hall–Kier alpha value is -1.07. The van der Waals surface area contributed by atoms with Crippen LogP contribution in [-0.2, 0) is 16.6 Å². The quantitative estimate of drug-likeness (QED) is 0.185. The molecule has 0 amide bonds. The van der Waals surface area contributed by atoms with Gasteiger partial charge in [0, 0.05) is 32.2 Å². The summed E-state index contributed by atoms with van der Waals surface area (Å²) in [6.45, 7) is 5.36. The van der Waals surface area contributed by atoms with Crippen molar-refractivity contribution in [2.75, 3.05) is 25.9 Å². The molecule has 1 aliphatic carbocycles. The van der Waals surface area contributed by atoms with Crippen LogP contribution in [0, 0.1) is 6.92 Å². The molecular formula is C20H35IN4O3S. The number of hydrogen-bond acceptors (Lipinski definition) is 4. The van der Waals surface area contributed by atoms with Crippen LogP contribution in [-0.4, -0.2) is 46.4 Å². The van der Waals surface area contributed by atoms with Gasteiger partial charge in [0.05, 0.1) is 11.9 Å². The number of nitrogens with one attached hydrogen (secondary N) is 3. The molecule has 0 heterocycles. The van der Waals surface area contributed by atoms with E-state index in [4.69, 9.17) is 4.74 Å². The smallest absolute Gasteiger partial charge is 0.211 e. The van der Waals surface area contributed by atoms with Crippen LogP contribution in [0.25, 0.3) is 0 Å². The van der Waals surface area contributed by atoms with Crippen LogP contribution < -0.4 is 20.1 Å². The second-order valence-electron chi connectivity index (χ2n) is 7.14. The van der Waals surface area contributed by atoms with Gasteiger partial charge in [-0.3, -0.25) is 4.99 Å². The molecule has 0 aromatic heterocycles. The summed E-state index contributed by atoms with van der Waals surface area (Å²) in [5.74, 6) is 1.74. The van der Waals surface area contributed by atoms with Gasteiger partial charge in [-0.1, -0.05) is 12.1 Å². The van der Waals surface area contributed by atoms with E-state index in [0.29, 0.717) is 38.1 Å². The number of ether oxygens (including phenoxy) is 1. The largest absolute Gasteiger partial charge is 0.490 e. The third kappa shape index (κ3) is 9.52. The van der Waals surface area contributed by atoms with Gasteiger partial charge in [-0.25, -0.2) is 13.1 Å². The van der Waals surface area contributed by atoms with Gasteiger partial charge in [-0.15, -0.1) is 24.0 Å². The summed E-state index contributed by atoms with van der Waals surface area (Å²) in [4.78, 5) is 4.23. The number of nitrogens with zero attached hydrogens (tertiary/aromatic N) is 1. The lowest BCUT2D eigenvalue weighted by Gasteiger charge is -2.18. The molecule has 1 fully saturated rings. The van der Waals surface area contributed by atoms with Crippen molar-refractivity contribution in [1.29, 1.82) is 0 Å². The van der Waals surface area contributed by atoms with Crippen LogP contribution in [0.1, 0.15) is 50.2 Å². The minimum Gasteiger partial charge on any atom is -0.490 e. The molecule has 0 atom stereocenters. The molecule has 0 radical (unpaired) electrons. The molecule has 2 rings (SSSR count). The van der Waals surface area contributed by atoms with Crippen molar-refractivity contribution < 1.29 is 13.2 Å². The van der Waals surface area contributed by atoms with Crippen LogP contribution in [0.15, 0.2) is 23.2 Å². The molecule has 3 N–H and O–H groups in total. The highest BCUT2D eigenvalue weighted by atomic mass is 127. The molecule has 0 spiro atoms. The lowest BCUT2D eigenvalue weighted by atomic mass is 10.1. The van der Waals surface area contributed by atoms with Crippen LogP contribution in [0.4, 0.5) is 0 Å². The predicted octanol–water partition coefficient (Wildman–Crippen LogP) is 2.93. The molecule has 0 saturated heterocycles. The van der Waals surface area contributed by atoms with E-state index in [9.17, 15) is 8.42 Å². The van der Waals surface area contributed by atoms with Gasteiger partial charge in [-0.05, 0) is 57.6 Å². The normalized spacial score (nSPS) is 15.1. The Labute approximate surface area is 192 Å². The van der Waals surface area contributed by atoms with E-state index in [-0.39, 0.29) is 29.7 Å². The van der Waals surface area contributed by atoms with Gasteiger partial charge in [0.15, 0.2) is 5.96 Å². The highest BCUT2D eigenvalue weighted by Gasteiger charge is 2.18. The van der Waals surface area contributed by atoms with Crippen molar-refractivity contribution in [3.05, 3.63) is 29.3 Å². The summed E-state index contributed by atoms with van der Waals surface area (Å²) < 4.78 is 31.6. The van der Waals surface area contributed by atoms with E-state index in [1.165, 1.54) is 18.4 Å². The Morgan fingerprint density at radius 3 is 2.59 bits per heavy atom. The van der Waals surface area contributed by atoms with E-state index in [1.54, 1.807) is 14.0 Å². The van der Waals surface area contributed by atoms with Crippen molar-refractivity contribution >= 4 is 40.0 Å². The lowest BCUT2D eigenvalue weighted by molar-refractivity contribution is 0.207. The highest BCUT2D eigenvalue weighted by Crippen LogP contribution is 2.27. The highest BCUT2D eigenvalue weighted by molar-refractivity contribution is 14.0. The Morgan fingerprint density at radius 2 is 1.93 bits per heavy atom. The maximum absolute atomic E-state index is 11.4. The molecule has 0 aliphatic heterocycles. The summed E-state index contributed by atoms with van der Waals surface area (Å²) in [5.41, 5.74) is 2.30. The van der Waals surface area contributed by atoms with E-state index in [2.05, 4.69) is 45.5 Å². The summed E-state index contributed by atoms with van der Waals surface area (Å²) in [5, 5.41) is 6.52. The monoisotopic (exact) mass is 538 g/mol. The first kappa shape index (κ1) is 26.0. The molecule has 1 saturated carbocycles. The van der Waals surface area contributed by atoms with Gasteiger partial charge >= 0.3 is 0 Å². The number of halogens is 1. The molecule has 7 nitrogen and oxygen atoms in total. The molecule has 0 unspecified atom stereocenters. The Balaban J connectivity index is 0.00000420. The Bertz CT molecular complexity index is 750. The minimum atomic E-state index is -3.13. The van der Waals surface area contributed by atoms with Gasteiger partial charge in [-0.2, -0.15) is 0 Å². The number of rotatable bonds is 10. The second kappa shape index (κ2) is 13.3. The number of aryl methyl sites for hydroxylation is 1. The maximum Gasteiger partial charge on any atom is 0.211 e. The van der Waals surface area contributed by atoms with Crippen LogP contribution in [0.5, 0.6) is 5.75 Å². The zero-order chi connectivity index (χ0) is 20.4. The fourth-order valence-electron chi connectivity index (χ4n) is 3.13. The maximum atomic E-state index is 11.4. The molecule has 9 heteroatoms. The van der Waals surface area contributed by atoms with E-state index in [1.807, 2.05) is 0 Å². The van der Waals surface area contributed by atoms with Gasteiger partial charge in [0.2, 0.25) is 10.0 Å². The van der Waals surface area contributed by atoms with Gasteiger partial charge in [0.25, 0.3) is 0 Å². The van der Waals surface area contributed by atoms with E-state index >= 15 is 0 Å². The fourth-order valence-corrected chi connectivity index (χ4v) is 3.79. The van der Waals surface area contributed by atoms with Crippen molar-refractivity contribution in [3.8, 4) is 5.75 Å². The summed E-state index contributed by atoms with van der Waals surface area (Å²) in [6.07, 6.45) is 5.76. The molecule has 1 aromatic carbocycles. The first-order chi connectivity index (χ1) is 13.4. The van der Waals surface area contributed by atoms with Crippen LogP contribution >= 0.6 is 24.0 Å². The topological polar surface area (TPSA) is 91.8 Å². The number of aliphatic imine (C=N–C) groups is 1. The van der Waals surface area contributed by atoms with E-state index < -0.39 is 10.0 Å². The number of sulfonamides is 1. The van der Waals surface area contributed by atoms with E-state index in [0.717, 1.165) is 24.2 Å². The third-order valence-corrected chi connectivity index (χ3v) is 6.24. The Morgan fingerprint density at radius 1 is 1.21 bits per heavy atom. The average Bonchev–Trinajstić information content (AvgIpc) is 3.18. The first-order valence-corrected chi connectivity index (χ1v) is 11.8. The van der Waals surface area contributed by atoms with Gasteiger partial charge in [0.1, 0.15) is 5.75 Å². The predicted molar refractivity (Wildman–Crippen MR) is 130 cm³/mol. The molecule has 1 aliphatic rings. The van der Waals surface area contributed by atoms with Crippen LogP contribution in [0.3, 0.4) is 0 Å². The van der Waals surface area contributed by atoms with Crippen molar-refractivity contribution in [2.24, 2.45) is 4.99 Å². The zero-order valence-electron chi connectivity index (χ0n) is 17.7. The first-order valence-electron chi connectivity index (χ1n) is 10.1.